The van der Waals surface area contributed by atoms with Crippen molar-refractivity contribution in [1.82, 2.24) is 0 Å². The lowest BCUT2D eigenvalue weighted by atomic mass is 10.2. The molecule has 5 nitrogen and oxygen atoms in total. The van der Waals surface area contributed by atoms with E-state index in [0.29, 0.717) is 16.4 Å². The summed E-state index contributed by atoms with van der Waals surface area (Å²) in [5, 5.41) is 3.43. The van der Waals surface area contributed by atoms with E-state index in [-0.39, 0.29) is 10.0 Å². The number of carbonyl (C=O) groups excluding carboxylic acids is 1. The van der Waals surface area contributed by atoms with Crippen LogP contribution in [0.2, 0.25) is 15.1 Å². The molecule has 1 amide bonds. The van der Waals surface area contributed by atoms with Crippen LogP contribution in [0.15, 0.2) is 36.4 Å². The standard InChI is InChI=1S/C16H15Cl3N2O3S/c1-10-6-7-11(8-13(10)18)21(25(2,23)24)9-15(22)20-14-5-3-4-12(17)16(14)19/h3-8H,9H2,1-2H3,(H,20,22). The topological polar surface area (TPSA) is 66.5 Å². The third-order valence-corrected chi connectivity index (χ3v) is 5.72. The van der Waals surface area contributed by atoms with Crippen LogP contribution in [0, 0.1) is 6.92 Å². The number of hydrogen-bond donors (Lipinski definition) is 1. The van der Waals surface area contributed by atoms with E-state index in [1.54, 1.807) is 37.3 Å². The van der Waals surface area contributed by atoms with E-state index in [1.807, 2.05) is 0 Å². The van der Waals surface area contributed by atoms with Crippen LogP contribution in [0.4, 0.5) is 11.4 Å². The first kappa shape index (κ1) is 19.8. The Hall–Kier alpha value is -1.47. The molecule has 0 radical (unpaired) electrons. The van der Waals surface area contributed by atoms with E-state index in [0.717, 1.165) is 16.1 Å². The summed E-state index contributed by atoms with van der Waals surface area (Å²) < 4.78 is 25.1. The monoisotopic (exact) mass is 420 g/mol. The SMILES string of the molecule is Cc1ccc(N(CC(=O)Nc2cccc(Cl)c2Cl)S(C)(=O)=O)cc1Cl. The Morgan fingerprint density at radius 2 is 1.80 bits per heavy atom. The predicted molar refractivity (Wildman–Crippen MR) is 103 cm³/mol. The number of hydrogen-bond acceptors (Lipinski definition) is 3. The Bertz CT molecular complexity index is 917. The summed E-state index contributed by atoms with van der Waals surface area (Å²) in [5.41, 5.74) is 1.40. The molecule has 1 N–H and O–H groups in total. The molecule has 134 valence electrons. The van der Waals surface area contributed by atoms with Crippen molar-refractivity contribution in [3.63, 3.8) is 0 Å². The summed E-state index contributed by atoms with van der Waals surface area (Å²) in [6, 6.07) is 9.54. The Morgan fingerprint density at radius 3 is 2.40 bits per heavy atom. The summed E-state index contributed by atoms with van der Waals surface area (Å²) in [6.45, 7) is 1.37. The van der Waals surface area contributed by atoms with Crippen LogP contribution in [-0.4, -0.2) is 27.1 Å². The number of sulfonamides is 1. The first-order chi connectivity index (χ1) is 11.6. The van der Waals surface area contributed by atoms with Gasteiger partial charge in [-0.2, -0.15) is 0 Å². The second kappa shape index (κ2) is 7.83. The number of amides is 1. The van der Waals surface area contributed by atoms with Crippen LogP contribution in [0.5, 0.6) is 0 Å². The van der Waals surface area contributed by atoms with Gasteiger partial charge in [0, 0.05) is 5.02 Å². The zero-order valence-corrected chi connectivity index (χ0v) is 16.5. The van der Waals surface area contributed by atoms with Gasteiger partial charge < -0.3 is 5.32 Å². The molecule has 0 aromatic heterocycles. The third-order valence-electron chi connectivity index (χ3n) is 3.36. The van der Waals surface area contributed by atoms with Gasteiger partial charge in [-0.3, -0.25) is 9.10 Å². The minimum Gasteiger partial charge on any atom is -0.323 e. The van der Waals surface area contributed by atoms with Gasteiger partial charge in [-0.05, 0) is 36.8 Å². The van der Waals surface area contributed by atoms with E-state index >= 15 is 0 Å². The van der Waals surface area contributed by atoms with E-state index in [1.165, 1.54) is 6.07 Å². The number of nitrogens with zero attached hydrogens (tertiary/aromatic N) is 1. The van der Waals surface area contributed by atoms with E-state index in [4.69, 9.17) is 34.8 Å². The molecule has 9 heteroatoms. The van der Waals surface area contributed by atoms with Gasteiger partial charge in [0.25, 0.3) is 0 Å². The van der Waals surface area contributed by atoms with E-state index in [2.05, 4.69) is 5.32 Å². The molecule has 0 aliphatic carbocycles. The number of anilines is 2. The third kappa shape index (κ3) is 5.01. The largest absolute Gasteiger partial charge is 0.323 e. The lowest BCUT2D eigenvalue weighted by Crippen LogP contribution is -2.37. The zero-order chi connectivity index (χ0) is 18.8. The van der Waals surface area contributed by atoms with Crippen LogP contribution < -0.4 is 9.62 Å². The van der Waals surface area contributed by atoms with Gasteiger partial charge in [0.15, 0.2) is 0 Å². The van der Waals surface area contributed by atoms with Crippen molar-refractivity contribution in [2.24, 2.45) is 0 Å². The number of benzene rings is 2. The molecule has 0 bridgehead atoms. The van der Waals surface area contributed by atoms with Gasteiger partial charge in [-0.25, -0.2) is 8.42 Å². The second-order valence-corrected chi connectivity index (χ2v) is 8.45. The summed E-state index contributed by atoms with van der Waals surface area (Å²) in [6.07, 6.45) is 1.01. The molecular formula is C16H15Cl3N2O3S. The predicted octanol–water partition coefficient (Wildman–Crippen LogP) is 4.36. The first-order valence-electron chi connectivity index (χ1n) is 7.07. The normalized spacial score (nSPS) is 11.2. The summed E-state index contributed by atoms with van der Waals surface area (Å²) in [5.74, 6) is -0.564. The Balaban J connectivity index is 2.27. The van der Waals surface area contributed by atoms with E-state index in [9.17, 15) is 13.2 Å². The molecule has 0 saturated carbocycles. The number of nitrogens with one attached hydrogen (secondary N) is 1. The molecular weight excluding hydrogens is 407 g/mol. The van der Waals surface area contributed by atoms with Gasteiger partial charge >= 0.3 is 0 Å². The average Bonchev–Trinajstić information content (AvgIpc) is 2.51. The maximum Gasteiger partial charge on any atom is 0.245 e. The van der Waals surface area contributed by atoms with Crippen LogP contribution in [0.25, 0.3) is 0 Å². The molecule has 2 rings (SSSR count). The van der Waals surface area contributed by atoms with Crippen molar-refractivity contribution in [2.45, 2.75) is 6.92 Å². The Morgan fingerprint density at radius 1 is 1.12 bits per heavy atom. The van der Waals surface area contributed by atoms with Crippen LogP contribution in [0.1, 0.15) is 5.56 Å². The number of carbonyl (C=O) groups is 1. The highest BCUT2D eigenvalue weighted by atomic mass is 35.5. The molecule has 0 heterocycles. The fourth-order valence-corrected chi connectivity index (χ4v) is 3.43. The lowest BCUT2D eigenvalue weighted by molar-refractivity contribution is -0.114. The Kier molecular flexibility index (Phi) is 6.21. The van der Waals surface area contributed by atoms with Gasteiger partial charge in [0.05, 0.1) is 27.7 Å². The molecule has 25 heavy (non-hydrogen) atoms. The van der Waals surface area contributed by atoms with Gasteiger partial charge in [0.2, 0.25) is 15.9 Å². The van der Waals surface area contributed by atoms with Crippen molar-refractivity contribution in [1.29, 1.82) is 0 Å². The van der Waals surface area contributed by atoms with Crippen molar-refractivity contribution >= 4 is 62.1 Å². The van der Waals surface area contributed by atoms with Crippen molar-refractivity contribution in [2.75, 3.05) is 22.4 Å². The van der Waals surface area contributed by atoms with Gasteiger partial charge in [-0.1, -0.05) is 46.9 Å². The fraction of sp³-hybridized carbons (Fsp3) is 0.188. The zero-order valence-electron chi connectivity index (χ0n) is 13.4. The maximum atomic E-state index is 12.3. The molecule has 0 unspecified atom stereocenters. The van der Waals surface area contributed by atoms with Crippen LogP contribution in [0.3, 0.4) is 0 Å². The summed E-state index contributed by atoms with van der Waals surface area (Å²) >= 11 is 18.0. The highest BCUT2D eigenvalue weighted by Crippen LogP contribution is 2.30. The van der Waals surface area contributed by atoms with E-state index < -0.39 is 22.5 Å². The van der Waals surface area contributed by atoms with Crippen molar-refractivity contribution < 1.29 is 13.2 Å². The molecule has 2 aromatic rings. The molecule has 0 aliphatic heterocycles. The fourth-order valence-electron chi connectivity index (χ4n) is 2.06. The van der Waals surface area contributed by atoms with Crippen molar-refractivity contribution in [3.8, 4) is 0 Å². The minimum absolute atomic E-state index is 0.182. The van der Waals surface area contributed by atoms with Gasteiger partial charge in [-0.15, -0.1) is 0 Å². The second-order valence-electron chi connectivity index (χ2n) is 5.35. The number of aryl methyl sites for hydroxylation is 1. The van der Waals surface area contributed by atoms with Crippen molar-refractivity contribution in [3.05, 3.63) is 57.0 Å². The minimum atomic E-state index is -3.70. The van der Waals surface area contributed by atoms with Gasteiger partial charge in [0.1, 0.15) is 6.54 Å². The molecule has 0 saturated heterocycles. The molecule has 0 spiro atoms. The molecule has 0 aliphatic rings. The number of halogens is 3. The molecule has 2 aromatic carbocycles. The molecule has 0 fully saturated rings. The number of rotatable bonds is 5. The van der Waals surface area contributed by atoms with Crippen LogP contribution >= 0.6 is 34.8 Å². The molecule has 0 atom stereocenters. The smallest absolute Gasteiger partial charge is 0.245 e. The van der Waals surface area contributed by atoms with Crippen LogP contribution in [-0.2, 0) is 14.8 Å². The Labute approximate surface area is 161 Å². The highest BCUT2D eigenvalue weighted by Gasteiger charge is 2.22. The summed E-state index contributed by atoms with van der Waals surface area (Å²) in [4.78, 5) is 12.3. The average molecular weight is 422 g/mol. The highest BCUT2D eigenvalue weighted by molar-refractivity contribution is 7.92. The first-order valence-corrected chi connectivity index (χ1v) is 10.1. The lowest BCUT2D eigenvalue weighted by Gasteiger charge is -2.22. The maximum absolute atomic E-state index is 12.3. The summed E-state index contributed by atoms with van der Waals surface area (Å²) in [7, 11) is -3.70. The quantitative estimate of drug-likeness (QED) is 0.780.